The van der Waals surface area contributed by atoms with Gasteiger partial charge in [-0.1, -0.05) is 146 Å². The highest BCUT2D eigenvalue weighted by molar-refractivity contribution is 6.26. The first-order valence-electron chi connectivity index (χ1n) is 15.8. The molecule has 8 aromatic carbocycles. The number of hydrogen-bond acceptors (Lipinski definition) is 1. The van der Waals surface area contributed by atoms with Crippen molar-refractivity contribution >= 4 is 43.5 Å². The molecule has 1 aromatic heterocycles. The summed E-state index contributed by atoms with van der Waals surface area (Å²) in [5.74, 6) is 0. The predicted molar refractivity (Wildman–Crippen MR) is 190 cm³/mol. The Hall–Kier alpha value is -5.92. The summed E-state index contributed by atoms with van der Waals surface area (Å²) in [4.78, 5) is 0. The lowest BCUT2D eigenvalue weighted by molar-refractivity contribution is 0.669. The second kappa shape index (κ2) is 10.4. The Morgan fingerprint density at radius 2 is 0.889 bits per heavy atom. The van der Waals surface area contributed by atoms with Gasteiger partial charge in [-0.05, 0) is 90.3 Å². The zero-order chi connectivity index (χ0) is 30.6. The van der Waals surface area contributed by atoms with Gasteiger partial charge in [-0.25, -0.2) is 0 Å². The van der Waals surface area contributed by atoms with Crippen LogP contribution in [-0.2, 0) is 0 Å². The van der Waals surface area contributed by atoms with Gasteiger partial charge in [-0.15, -0.1) is 0 Å². The molecule has 0 aliphatic heterocycles. The normalized spacial score (nSPS) is 11.9. The zero-order valence-corrected chi connectivity index (χ0v) is 24.5. The van der Waals surface area contributed by atoms with E-state index >= 15 is 0 Å². The Morgan fingerprint density at radius 1 is 0.356 bits per heavy atom. The van der Waals surface area contributed by atoms with Gasteiger partial charge in [-0.3, -0.25) is 0 Å². The number of rotatable bonds is 4. The number of hydrogen-bond donors (Lipinski definition) is 0. The summed E-state index contributed by atoms with van der Waals surface area (Å²) in [5.41, 5.74) is 11.1. The van der Waals surface area contributed by atoms with Crippen molar-refractivity contribution in [1.82, 2.24) is 0 Å². The Morgan fingerprint density at radius 3 is 1.60 bits per heavy atom. The van der Waals surface area contributed by atoms with E-state index < -0.39 is 0 Å². The van der Waals surface area contributed by atoms with Crippen LogP contribution in [-0.4, -0.2) is 0 Å². The monoisotopic (exact) mass is 573 g/mol. The molecule has 0 radical (unpaired) electrons. The number of fused-ring (bicyclic) bond motifs is 5. The highest BCUT2D eigenvalue weighted by Crippen LogP contribution is 2.48. The lowest BCUT2D eigenvalue weighted by Gasteiger charge is -2.19. The molecule has 0 saturated heterocycles. The van der Waals surface area contributed by atoms with Gasteiger partial charge in [-0.2, -0.15) is 0 Å². The van der Waals surface area contributed by atoms with E-state index in [9.17, 15) is 0 Å². The van der Waals surface area contributed by atoms with Crippen LogP contribution in [0.3, 0.4) is 0 Å². The highest BCUT2D eigenvalue weighted by atomic mass is 16.3. The van der Waals surface area contributed by atoms with E-state index in [0.29, 0.717) is 6.04 Å². The van der Waals surface area contributed by atoms with Crippen molar-refractivity contribution in [1.29, 1.82) is 0 Å². The minimum atomic E-state index is 0.517. The first-order chi connectivity index (χ1) is 22.7. The first-order valence-corrected chi connectivity index (χ1v) is 15.3. The van der Waals surface area contributed by atoms with Crippen molar-refractivity contribution in [3.05, 3.63) is 170 Å². The molecule has 9 rings (SSSR count). The summed E-state index contributed by atoms with van der Waals surface area (Å²) in [7, 11) is 0. The molecule has 210 valence electrons. The first kappa shape index (κ1) is 24.5. The zero-order valence-electron chi connectivity index (χ0n) is 25.5. The van der Waals surface area contributed by atoms with Crippen LogP contribution in [0.15, 0.2) is 174 Å². The smallest absolute Gasteiger partial charge is 0.136 e. The van der Waals surface area contributed by atoms with Crippen LogP contribution < -0.4 is 0 Å². The average Bonchev–Trinajstić information content (AvgIpc) is 3.50. The lowest BCUT2D eigenvalue weighted by Crippen LogP contribution is -1.92. The summed E-state index contributed by atoms with van der Waals surface area (Å²) in [6, 6.07) is 58.2. The third-order valence-electron chi connectivity index (χ3n) is 8.99. The van der Waals surface area contributed by atoms with Gasteiger partial charge in [0, 0.05) is 10.8 Å². The van der Waals surface area contributed by atoms with Gasteiger partial charge in [0.1, 0.15) is 11.2 Å². The summed E-state index contributed by atoms with van der Waals surface area (Å²) >= 11 is 0. The molecule has 1 heteroatoms. The summed E-state index contributed by atoms with van der Waals surface area (Å²) in [5, 5.41) is 7.09. The molecule has 0 atom stereocenters. The molecule has 0 aliphatic carbocycles. The lowest BCUT2D eigenvalue weighted by atomic mass is 9.83. The van der Waals surface area contributed by atoms with Crippen LogP contribution >= 0.6 is 0 Å². The molecule has 0 saturated carbocycles. The van der Waals surface area contributed by atoms with Crippen molar-refractivity contribution in [3.63, 3.8) is 0 Å². The third-order valence-corrected chi connectivity index (χ3v) is 8.99. The van der Waals surface area contributed by atoms with Gasteiger partial charge < -0.3 is 4.42 Å². The van der Waals surface area contributed by atoms with Gasteiger partial charge in [0.2, 0.25) is 0 Å². The highest BCUT2D eigenvalue weighted by Gasteiger charge is 2.21. The fourth-order valence-corrected chi connectivity index (χ4v) is 7.01. The van der Waals surface area contributed by atoms with E-state index in [2.05, 4.69) is 133 Å². The van der Waals surface area contributed by atoms with E-state index in [1.54, 1.807) is 0 Å². The molecule has 0 amide bonds. The topological polar surface area (TPSA) is 13.1 Å². The Labute approximate surface area is 263 Å². The number of benzene rings is 8. The van der Waals surface area contributed by atoms with E-state index in [0.717, 1.165) is 44.2 Å². The summed E-state index contributed by atoms with van der Waals surface area (Å²) in [6.45, 7) is 0. The van der Waals surface area contributed by atoms with Crippen LogP contribution in [0.25, 0.3) is 88.0 Å². The Balaban J connectivity index is 1.39. The van der Waals surface area contributed by atoms with Crippen LogP contribution in [0.5, 0.6) is 0 Å². The largest absolute Gasteiger partial charge is 0.456 e. The maximum atomic E-state index is 7.94. The van der Waals surface area contributed by atoms with Crippen molar-refractivity contribution < 1.29 is 5.79 Å². The molecule has 0 aliphatic rings. The second-order valence-corrected chi connectivity index (χ2v) is 11.6. The molecule has 1 heterocycles. The number of para-hydroxylation sites is 1. The predicted octanol–water partition coefficient (Wildman–Crippen LogP) is 12.6. The molecule has 0 bridgehead atoms. The standard InChI is InChI=1S/C44H28O/c1-3-14-29(15-4-1)31-18-13-19-32(26-31)42-34-20-7-9-22-36(34)43(37-23-10-8-21-35(37)42)39-27-33(30-16-5-2-6-17-30)28-41-44(39)38-24-11-12-25-40(38)45-41/h1-28H/i1D. The van der Waals surface area contributed by atoms with Gasteiger partial charge in [0.05, 0.1) is 1.37 Å². The van der Waals surface area contributed by atoms with Crippen molar-refractivity contribution in [3.8, 4) is 44.5 Å². The molecule has 1 nitrogen and oxygen atoms in total. The summed E-state index contributed by atoms with van der Waals surface area (Å²) < 4.78 is 14.5. The van der Waals surface area contributed by atoms with E-state index in [1.165, 1.54) is 43.8 Å². The molecule has 0 N–H and O–H groups in total. The SMILES string of the molecule is [2H]c1ccc(-c2cccc(-c3c4ccccc4c(-c4cc(-c5ccccc5)cc5oc6ccccc6c45)c4ccccc34)c2)cc1. The van der Waals surface area contributed by atoms with Crippen LogP contribution in [0.2, 0.25) is 0 Å². The maximum Gasteiger partial charge on any atom is 0.136 e. The average molecular weight is 574 g/mol. The van der Waals surface area contributed by atoms with Crippen molar-refractivity contribution in [2.24, 2.45) is 0 Å². The maximum absolute atomic E-state index is 7.94. The Kier molecular flexibility index (Phi) is 5.65. The minimum absolute atomic E-state index is 0.517. The van der Waals surface area contributed by atoms with E-state index in [1.807, 2.05) is 30.3 Å². The van der Waals surface area contributed by atoms with Crippen LogP contribution in [0, 0.1) is 0 Å². The molecular formula is C44H28O. The van der Waals surface area contributed by atoms with Gasteiger partial charge in [0.15, 0.2) is 0 Å². The van der Waals surface area contributed by atoms with Crippen molar-refractivity contribution in [2.45, 2.75) is 0 Å². The van der Waals surface area contributed by atoms with E-state index in [4.69, 9.17) is 5.79 Å². The van der Waals surface area contributed by atoms with Crippen LogP contribution in [0.4, 0.5) is 0 Å². The third kappa shape index (κ3) is 4.17. The van der Waals surface area contributed by atoms with Gasteiger partial charge >= 0.3 is 0 Å². The number of furan rings is 1. The second-order valence-electron chi connectivity index (χ2n) is 11.6. The molecule has 9 aromatic rings. The molecule has 0 unspecified atom stereocenters. The fourth-order valence-electron chi connectivity index (χ4n) is 7.01. The fraction of sp³-hybridized carbons (Fsp3) is 0. The van der Waals surface area contributed by atoms with Gasteiger partial charge in [0.25, 0.3) is 0 Å². The molecule has 45 heavy (non-hydrogen) atoms. The molecule has 0 fully saturated rings. The minimum Gasteiger partial charge on any atom is -0.456 e. The Bertz CT molecular complexity index is 2520. The van der Waals surface area contributed by atoms with Crippen molar-refractivity contribution in [2.75, 3.05) is 0 Å². The quantitative estimate of drug-likeness (QED) is 0.191. The van der Waals surface area contributed by atoms with Crippen LogP contribution in [0.1, 0.15) is 1.37 Å². The summed E-state index contributed by atoms with van der Waals surface area (Å²) in [6.07, 6.45) is 0. The van der Waals surface area contributed by atoms with E-state index in [-0.39, 0.29) is 0 Å². The molecular weight excluding hydrogens is 544 g/mol. The molecule has 0 spiro atoms.